The van der Waals surface area contributed by atoms with E-state index in [0.29, 0.717) is 33.6 Å². The summed E-state index contributed by atoms with van der Waals surface area (Å²) in [6.07, 6.45) is 0. The monoisotopic (exact) mass is 736 g/mol. The summed E-state index contributed by atoms with van der Waals surface area (Å²) in [6.45, 7) is 0. The zero-order valence-corrected chi connectivity index (χ0v) is 30.8. The van der Waals surface area contributed by atoms with Gasteiger partial charge in [0.05, 0.1) is 68.3 Å². The van der Waals surface area contributed by atoms with Crippen molar-refractivity contribution < 1.29 is 0 Å². The van der Waals surface area contributed by atoms with E-state index in [9.17, 15) is 21.0 Å². The van der Waals surface area contributed by atoms with E-state index in [4.69, 9.17) is 0 Å². The highest BCUT2D eigenvalue weighted by Crippen LogP contribution is 2.42. The molecule has 8 aromatic carbocycles. The third-order valence-electron chi connectivity index (χ3n) is 11.0. The van der Waals surface area contributed by atoms with Gasteiger partial charge in [-0.2, -0.15) is 21.0 Å². The van der Waals surface area contributed by atoms with Gasteiger partial charge in [-0.3, -0.25) is 0 Å². The molecule has 2 aromatic heterocycles. The van der Waals surface area contributed by atoms with Crippen LogP contribution in [0.1, 0.15) is 22.3 Å². The smallest absolute Gasteiger partial charge is 0.104 e. The molecule has 0 unspecified atom stereocenters. The minimum Gasteiger partial charge on any atom is -0.308 e. The van der Waals surface area contributed by atoms with Crippen molar-refractivity contribution in [1.29, 1.82) is 21.0 Å². The van der Waals surface area contributed by atoms with Crippen molar-refractivity contribution in [2.75, 3.05) is 0 Å². The predicted octanol–water partition coefficient (Wildman–Crippen LogP) is 12.4. The summed E-state index contributed by atoms with van der Waals surface area (Å²) >= 11 is 0. The zero-order chi connectivity index (χ0) is 39.3. The van der Waals surface area contributed by atoms with E-state index < -0.39 is 0 Å². The van der Waals surface area contributed by atoms with Crippen LogP contribution in [0.15, 0.2) is 170 Å². The van der Waals surface area contributed by atoms with E-state index in [0.717, 1.165) is 77.0 Å². The highest BCUT2D eigenvalue weighted by molar-refractivity contribution is 6.12. The quantitative estimate of drug-likeness (QED) is 0.175. The van der Waals surface area contributed by atoms with Gasteiger partial charge in [0.1, 0.15) is 11.6 Å². The summed E-state index contributed by atoms with van der Waals surface area (Å²) in [5, 5.41) is 44.6. The molecular formula is C52H28N6. The van der Waals surface area contributed by atoms with Crippen LogP contribution in [0.4, 0.5) is 0 Å². The number of para-hydroxylation sites is 2. The Kier molecular flexibility index (Phi) is 7.92. The maximum Gasteiger partial charge on any atom is 0.104 e. The molecule has 0 aliphatic rings. The highest BCUT2D eigenvalue weighted by atomic mass is 15.0. The molecule has 10 rings (SSSR count). The lowest BCUT2D eigenvalue weighted by molar-refractivity contribution is 1.12. The molecule has 0 bridgehead atoms. The lowest BCUT2D eigenvalue weighted by Crippen LogP contribution is -2.05. The van der Waals surface area contributed by atoms with E-state index >= 15 is 0 Å². The van der Waals surface area contributed by atoms with E-state index in [1.165, 1.54) is 0 Å². The first-order valence-corrected chi connectivity index (χ1v) is 18.7. The van der Waals surface area contributed by atoms with Crippen LogP contribution in [0.3, 0.4) is 0 Å². The standard InChI is InChI=1S/C52H28N6/c53-29-33-8-5-11-36(22-33)39-18-20-49-44(25-39)42-14-1-3-16-47(42)57(49)51-27-41(38-13-7-10-35(24-38)31-55)28-52(46(51)32-56)58-48-17-4-2-15-43(48)45-26-40(19-21-50(45)58)37-12-6-9-34(23-37)30-54/h1-28H. The fourth-order valence-corrected chi connectivity index (χ4v) is 8.37. The van der Waals surface area contributed by atoms with Gasteiger partial charge in [0.15, 0.2) is 0 Å². The van der Waals surface area contributed by atoms with Gasteiger partial charge in [-0.25, -0.2) is 0 Å². The van der Waals surface area contributed by atoms with Crippen molar-refractivity contribution in [1.82, 2.24) is 9.13 Å². The number of hydrogen-bond donors (Lipinski definition) is 0. The van der Waals surface area contributed by atoms with Crippen molar-refractivity contribution in [2.45, 2.75) is 0 Å². The van der Waals surface area contributed by atoms with Gasteiger partial charge in [0, 0.05) is 21.5 Å². The second-order valence-corrected chi connectivity index (χ2v) is 14.2. The Balaban J connectivity index is 1.29. The molecule has 2 heterocycles. The number of rotatable bonds is 5. The third-order valence-corrected chi connectivity index (χ3v) is 11.0. The molecule has 10 aromatic rings. The van der Waals surface area contributed by atoms with Gasteiger partial charge in [-0.05, 0) is 118 Å². The molecule has 0 saturated heterocycles. The van der Waals surface area contributed by atoms with Crippen LogP contribution < -0.4 is 0 Å². The molecule has 0 fully saturated rings. The fourth-order valence-electron chi connectivity index (χ4n) is 8.37. The number of nitriles is 4. The van der Waals surface area contributed by atoms with Gasteiger partial charge in [0.25, 0.3) is 0 Å². The predicted molar refractivity (Wildman–Crippen MR) is 230 cm³/mol. The minimum atomic E-state index is 0.488. The molecule has 0 radical (unpaired) electrons. The summed E-state index contributed by atoms with van der Waals surface area (Å²) in [5.74, 6) is 0. The Hall–Kier alpha value is -8.68. The molecule has 0 amide bonds. The van der Waals surface area contributed by atoms with Gasteiger partial charge >= 0.3 is 0 Å². The van der Waals surface area contributed by atoms with Crippen LogP contribution in [0.5, 0.6) is 0 Å². The maximum absolute atomic E-state index is 11.3. The molecule has 58 heavy (non-hydrogen) atoms. The van der Waals surface area contributed by atoms with E-state index in [2.05, 4.69) is 106 Å². The van der Waals surface area contributed by atoms with Crippen molar-refractivity contribution in [2.24, 2.45) is 0 Å². The molecule has 0 N–H and O–H groups in total. The minimum absolute atomic E-state index is 0.488. The van der Waals surface area contributed by atoms with Crippen LogP contribution in [-0.2, 0) is 0 Å². The topological polar surface area (TPSA) is 105 Å². The molecule has 0 saturated carbocycles. The normalized spacial score (nSPS) is 11.0. The van der Waals surface area contributed by atoms with Crippen molar-refractivity contribution in [3.63, 3.8) is 0 Å². The van der Waals surface area contributed by atoms with Crippen LogP contribution in [0, 0.1) is 45.3 Å². The van der Waals surface area contributed by atoms with E-state index in [1.54, 1.807) is 18.2 Å². The fraction of sp³-hybridized carbons (Fsp3) is 0. The van der Waals surface area contributed by atoms with Crippen LogP contribution in [0.2, 0.25) is 0 Å². The summed E-state index contributed by atoms with van der Waals surface area (Å²) < 4.78 is 4.35. The molecule has 6 nitrogen and oxygen atoms in total. The first-order valence-electron chi connectivity index (χ1n) is 18.7. The molecule has 266 valence electrons. The molecule has 6 heteroatoms. The zero-order valence-electron chi connectivity index (χ0n) is 30.8. The molecule has 0 atom stereocenters. The maximum atomic E-state index is 11.3. The number of hydrogen-bond acceptors (Lipinski definition) is 4. The van der Waals surface area contributed by atoms with E-state index in [1.807, 2.05) is 78.9 Å². The summed E-state index contributed by atoms with van der Waals surface area (Å²) in [7, 11) is 0. The highest BCUT2D eigenvalue weighted by Gasteiger charge is 2.23. The Morgan fingerprint density at radius 2 is 0.672 bits per heavy atom. The lowest BCUT2D eigenvalue weighted by Gasteiger charge is -2.18. The largest absolute Gasteiger partial charge is 0.308 e. The van der Waals surface area contributed by atoms with Gasteiger partial charge in [0.2, 0.25) is 0 Å². The Morgan fingerprint density at radius 1 is 0.293 bits per heavy atom. The lowest BCUT2D eigenvalue weighted by atomic mass is 9.98. The van der Waals surface area contributed by atoms with Crippen molar-refractivity contribution in [3.8, 4) is 69.0 Å². The van der Waals surface area contributed by atoms with Gasteiger partial charge in [-0.15, -0.1) is 0 Å². The second kappa shape index (κ2) is 13.6. The van der Waals surface area contributed by atoms with Crippen molar-refractivity contribution >= 4 is 43.6 Å². The van der Waals surface area contributed by atoms with Crippen LogP contribution in [-0.4, -0.2) is 9.13 Å². The van der Waals surface area contributed by atoms with E-state index in [-0.39, 0.29) is 0 Å². The Morgan fingerprint density at radius 3 is 1.09 bits per heavy atom. The Labute approximate surface area is 333 Å². The average molecular weight is 737 g/mol. The first-order chi connectivity index (χ1) is 28.6. The number of fused-ring (bicyclic) bond motifs is 6. The molecule has 0 spiro atoms. The van der Waals surface area contributed by atoms with Crippen LogP contribution >= 0.6 is 0 Å². The summed E-state index contributed by atoms with van der Waals surface area (Å²) in [4.78, 5) is 0. The summed E-state index contributed by atoms with van der Waals surface area (Å²) in [6, 6.07) is 65.5. The Bertz CT molecular complexity index is 3320. The number of aromatic nitrogens is 2. The van der Waals surface area contributed by atoms with Gasteiger partial charge < -0.3 is 9.13 Å². The summed E-state index contributed by atoms with van der Waals surface area (Å²) in [5.41, 5.74) is 13.0. The average Bonchev–Trinajstić information content (AvgIpc) is 3.80. The van der Waals surface area contributed by atoms with Gasteiger partial charge in [-0.1, -0.05) is 84.9 Å². The van der Waals surface area contributed by atoms with Crippen LogP contribution in [0.25, 0.3) is 88.4 Å². The molecular weight excluding hydrogens is 709 g/mol. The second-order valence-electron chi connectivity index (χ2n) is 14.2. The number of nitrogens with zero attached hydrogens (tertiary/aromatic N) is 6. The number of benzene rings is 8. The SMILES string of the molecule is N#Cc1cccc(-c2cc(-n3c4ccccc4c4cc(-c5cccc(C#N)c5)ccc43)c(C#N)c(-n3c4ccccc4c4cc(-c5cccc(C#N)c5)ccc43)c2)c1. The molecule has 0 aliphatic heterocycles. The molecule has 0 aliphatic carbocycles. The van der Waals surface area contributed by atoms with Crippen molar-refractivity contribution in [3.05, 3.63) is 192 Å². The third kappa shape index (κ3) is 5.38. The first kappa shape index (κ1) is 33.9.